The molecule has 4 aromatic rings. The second kappa shape index (κ2) is 7.88. The highest BCUT2D eigenvalue weighted by atomic mass is 16.5. The first-order chi connectivity index (χ1) is 16.1. The van der Waals surface area contributed by atoms with Gasteiger partial charge < -0.3 is 10.1 Å². The number of amides is 1. The van der Waals surface area contributed by atoms with E-state index in [0.717, 1.165) is 17.8 Å². The Bertz CT molecular complexity index is 1350. The molecule has 2 fully saturated rings. The van der Waals surface area contributed by atoms with Crippen molar-refractivity contribution in [2.45, 2.75) is 44.6 Å². The summed E-state index contributed by atoms with van der Waals surface area (Å²) in [5.74, 6) is 2.60. The third-order valence-electron chi connectivity index (χ3n) is 5.97. The highest BCUT2D eigenvalue weighted by Crippen LogP contribution is 2.46. The third kappa shape index (κ3) is 4.23. The van der Waals surface area contributed by atoms with Gasteiger partial charge in [-0.25, -0.2) is 19.9 Å². The fraction of sp³-hybridized carbons (Fsp3) is 0.348. The van der Waals surface area contributed by atoms with Crippen LogP contribution in [0.5, 0.6) is 5.75 Å². The fourth-order valence-electron chi connectivity index (χ4n) is 3.93. The molecule has 0 radical (unpaired) electrons. The number of rotatable bonds is 7. The molecule has 0 unspecified atom stereocenters. The lowest BCUT2D eigenvalue weighted by molar-refractivity contribution is -0.117. The molecule has 2 aliphatic carbocycles. The molecule has 0 aliphatic heterocycles. The average molecular weight is 442 g/mol. The smallest absolute Gasteiger partial charge is 0.234 e. The maximum atomic E-state index is 12.6. The standard InChI is InChI=1S/C23H22N8O2/c1-13-4-5-24-21(27-13)18-7-19(18)22(32)29-20-6-17(9-26-30-20)33-12-16-11-31-10-15(14-2-3-14)8-25-23(31)28-16/h4-6,8-11,14,18-19H,2-3,7,12H2,1H3,(H,29,30,32)/t18-,19-/m0/s1. The summed E-state index contributed by atoms with van der Waals surface area (Å²) in [5, 5.41) is 10.8. The van der Waals surface area contributed by atoms with E-state index in [2.05, 4.69) is 41.6 Å². The molecule has 4 heterocycles. The number of carbonyl (C=O) groups excluding carboxylic acids is 1. The van der Waals surface area contributed by atoms with Crippen LogP contribution in [0, 0.1) is 12.8 Å². The number of nitrogens with one attached hydrogen (secondary N) is 1. The number of hydrogen-bond donors (Lipinski definition) is 1. The lowest BCUT2D eigenvalue weighted by atomic mass is 10.2. The van der Waals surface area contributed by atoms with Crippen LogP contribution in [0.25, 0.3) is 5.78 Å². The summed E-state index contributed by atoms with van der Waals surface area (Å²) in [4.78, 5) is 30.3. The molecule has 0 bridgehead atoms. The zero-order chi connectivity index (χ0) is 22.4. The summed E-state index contributed by atoms with van der Waals surface area (Å²) in [6, 6.07) is 3.50. The van der Waals surface area contributed by atoms with E-state index < -0.39 is 0 Å². The van der Waals surface area contributed by atoms with Gasteiger partial charge in [-0.2, -0.15) is 5.10 Å². The van der Waals surface area contributed by atoms with Crippen LogP contribution < -0.4 is 10.1 Å². The molecule has 1 N–H and O–H groups in total. The van der Waals surface area contributed by atoms with Crippen molar-refractivity contribution in [3.63, 3.8) is 0 Å². The first-order valence-electron chi connectivity index (χ1n) is 11.0. The Balaban J connectivity index is 1.08. The molecule has 33 heavy (non-hydrogen) atoms. The molecule has 2 saturated carbocycles. The molecule has 1 amide bonds. The number of hydrogen-bond acceptors (Lipinski definition) is 8. The Kier molecular flexibility index (Phi) is 4.70. The molecule has 2 aliphatic rings. The second-order valence-electron chi connectivity index (χ2n) is 8.66. The average Bonchev–Trinajstić information content (AvgIpc) is 3.74. The minimum atomic E-state index is -0.163. The van der Waals surface area contributed by atoms with Gasteiger partial charge in [-0.3, -0.25) is 9.20 Å². The van der Waals surface area contributed by atoms with Crippen LogP contribution in [0.1, 0.15) is 53.9 Å². The van der Waals surface area contributed by atoms with Crippen molar-refractivity contribution < 1.29 is 9.53 Å². The molecule has 2 atom stereocenters. The predicted molar refractivity (Wildman–Crippen MR) is 118 cm³/mol. The SMILES string of the molecule is Cc1ccnc([C@H]2C[C@@H]2C(=O)Nc2cc(OCc3cn4cc(C5CC5)cnc4n3)cnn2)n1. The fourth-order valence-corrected chi connectivity index (χ4v) is 3.93. The summed E-state index contributed by atoms with van der Waals surface area (Å²) in [7, 11) is 0. The van der Waals surface area contributed by atoms with Gasteiger partial charge in [0.1, 0.15) is 18.2 Å². The number of nitrogens with zero attached hydrogens (tertiary/aromatic N) is 7. The van der Waals surface area contributed by atoms with Crippen LogP contribution >= 0.6 is 0 Å². The van der Waals surface area contributed by atoms with E-state index in [1.807, 2.05) is 29.8 Å². The Morgan fingerprint density at radius 3 is 2.97 bits per heavy atom. The largest absolute Gasteiger partial charge is 0.485 e. The second-order valence-corrected chi connectivity index (χ2v) is 8.66. The minimum Gasteiger partial charge on any atom is -0.485 e. The van der Waals surface area contributed by atoms with E-state index >= 15 is 0 Å². The van der Waals surface area contributed by atoms with Crippen LogP contribution in [0.15, 0.2) is 43.1 Å². The van der Waals surface area contributed by atoms with Gasteiger partial charge in [0.05, 0.1) is 11.9 Å². The van der Waals surface area contributed by atoms with E-state index in [0.29, 0.717) is 29.1 Å². The number of anilines is 1. The molecule has 0 aromatic carbocycles. The minimum absolute atomic E-state index is 0.0429. The van der Waals surface area contributed by atoms with Gasteiger partial charge >= 0.3 is 0 Å². The number of ether oxygens (including phenoxy) is 1. The van der Waals surface area contributed by atoms with Gasteiger partial charge in [-0.05, 0) is 43.7 Å². The lowest BCUT2D eigenvalue weighted by Gasteiger charge is -2.07. The molecule has 4 aromatic heterocycles. The molecule has 0 spiro atoms. The molecular weight excluding hydrogens is 420 g/mol. The number of aryl methyl sites for hydroxylation is 1. The summed E-state index contributed by atoms with van der Waals surface area (Å²) in [6.45, 7) is 2.18. The van der Waals surface area contributed by atoms with E-state index in [1.165, 1.54) is 24.6 Å². The topological polar surface area (TPSA) is 120 Å². The van der Waals surface area contributed by atoms with E-state index in [1.54, 1.807) is 12.3 Å². The van der Waals surface area contributed by atoms with E-state index in [4.69, 9.17) is 4.74 Å². The van der Waals surface area contributed by atoms with Crippen molar-refractivity contribution in [1.82, 2.24) is 34.5 Å². The monoisotopic (exact) mass is 442 g/mol. The Labute approximate surface area is 189 Å². The number of fused-ring (bicyclic) bond motifs is 1. The summed E-state index contributed by atoms with van der Waals surface area (Å²) in [6.07, 6.45) is 12.3. The van der Waals surface area contributed by atoms with Gasteiger partial charge in [-0.15, -0.1) is 5.10 Å². The summed E-state index contributed by atoms with van der Waals surface area (Å²) >= 11 is 0. The van der Waals surface area contributed by atoms with Crippen molar-refractivity contribution in [3.8, 4) is 5.75 Å². The number of carbonyl (C=O) groups is 1. The van der Waals surface area contributed by atoms with Crippen LogP contribution in [0.4, 0.5) is 5.82 Å². The lowest BCUT2D eigenvalue weighted by Crippen LogP contribution is -2.16. The van der Waals surface area contributed by atoms with Crippen molar-refractivity contribution in [2.24, 2.45) is 5.92 Å². The van der Waals surface area contributed by atoms with Gasteiger partial charge in [0, 0.05) is 48.4 Å². The zero-order valence-electron chi connectivity index (χ0n) is 18.0. The van der Waals surface area contributed by atoms with Crippen LogP contribution in [-0.2, 0) is 11.4 Å². The molecule has 166 valence electrons. The van der Waals surface area contributed by atoms with E-state index in [-0.39, 0.29) is 24.3 Å². The van der Waals surface area contributed by atoms with Crippen molar-refractivity contribution in [3.05, 3.63) is 65.9 Å². The molecule has 0 saturated heterocycles. The molecule has 10 nitrogen and oxygen atoms in total. The third-order valence-corrected chi connectivity index (χ3v) is 5.97. The maximum Gasteiger partial charge on any atom is 0.234 e. The van der Waals surface area contributed by atoms with Crippen molar-refractivity contribution in [2.75, 3.05) is 5.32 Å². The summed E-state index contributed by atoms with van der Waals surface area (Å²) < 4.78 is 7.77. The number of aromatic nitrogens is 7. The Morgan fingerprint density at radius 1 is 1.21 bits per heavy atom. The molecule has 6 rings (SSSR count). The van der Waals surface area contributed by atoms with Gasteiger partial charge in [-0.1, -0.05) is 0 Å². The highest BCUT2D eigenvalue weighted by molar-refractivity contribution is 5.94. The van der Waals surface area contributed by atoms with Crippen LogP contribution in [0.2, 0.25) is 0 Å². The van der Waals surface area contributed by atoms with Gasteiger partial charge in [0.15, 0.2) is 5.82 Å². The normalized spacial score (nSPS) is 19.4. The molecular formula is C23H22N8O2. The van der Waals surface area contributed by atoms with E-state index in [9.17, 15) is 4.79 Å². The van der Waals surface area contributed by atoms with Crippen molar-refractivity contribution >= 4 is 17.5 Å². The maximum absolute atomic E-state index is 12.6. The Morgan fingerprint density at radius 2 is 2.12 bits per heavy atom. The zero-order valence-corrected chi connectivity index (χ0v) is 18.0. The van der Waals surface area contributed by atoms with Gasteiger partial charge in [0.2, 0.25) is 11.7 Å². The predicted octanol–water partition coefficient (Wildman–Crippen LogP) is 2.82. The number of imidazole rings is 1. The van der Waals surface area contributed by atoms with Gasteiger partial charge in [0.25, 0.3) is 0 Å². The molecule has 10 heteroatoms. The highest BCUT2D eigenvalue weighted by Gasteiger charge is 2.46. The van der Waals surface area contributed by atoms with Crippen LogP contribution in [0.3, 0.4) is 0 Å². The first-order valence-corrected chi connectivity index (χ1v) is 11.0. The Hall–Kier alpha value is -3.95. The quantitative estimate of drug-likeness (QED) is 0.464. The van der Waals surface area contributed by atoms with Crippen molar-refractivity contribution in [1.29, 1.82) is 0 Å². The summed E-state index contributed by atoms with van der Waals surface area (Å²) in [5.41, 5.74) is 2.90. The first kappa shape index (κ1) is 19.7. The van der Waals surface area contributed by atoms with Crippen LogP contribution in [-0.4, -0.2) is 40.4 Å².